The number of aliphatic hydroxyl groups is 1. The van der Waals surface area contributed by atoms with E-state index < -0.39 is 22.5 Å². The van der Waals surface area contributed by atoms with E-state index in [1.54, 1.807) is 34.6 Å². The highest BCUT2D eigenvalue weighted by Gasteiger charge is 2.56. The summed E-state index contributed by atoms with van der Waals surface area (Å²) in [5.74, 6) is -2.61. The molecule has 0 aromatic carbocycles. The van der Waals surface area contributed by atoms with Crippen LogP contribution in [0.4, 0.5) is 0 Å². The molecule has 0 radical (unpaired) electrons. The van der Waals surface area contributed by atoms with Crippen molar-refractivity contribution in [1.82, 2.24) is 0 Å². The first-order valence-corrected chi connectivity index (χ1v) is 6.90. The van der Waals surface area contributed by atoms with Gasteiger partial charge in [-0.25, -0.2) is 0 Å². The minimum Gasteiger partial charge on any atom is -0.396 e. The molecule has 0 saturated heterocycles. The molecule has 0 bridgehead atoms. The van der Waals surface area contributed by atoms with E-state index in [1.165, 1.54) is 0 Å². The Morgan fingerprint density at radius 3 is 1.95 bits per heavy atom. The molecule has 112 valence electrons. The average molecular weight is 280 g/mol. The van der Waals surface area contributed by atoms with Gasteiger partial charge in [0.15, 0.2) is 17.3 Å². The predicted molar refractivity (Wildman–Crippen MR) is 76.1 cm³/mol. The maximum Gasteiger partial charge on any atom is 0.160 e. The summed E-state index contributed by atoms with van der Waals surface area (Å²) in [6.45, 7) is 12.3. The lowest BCUT2D eigenvalue weighted by molar-refractivity contribution is -0.150. The van der Waals surface area contributed by atoms with Crippen LogP contribution in [0.25, 0.3) is 0 Å². The van der Waals surface area contributed by atoms with Crippen LogP contribution in [0.3, 0.4) is 0 Å². The molecule has 1 rings (SSSR count). The molecule has 0 aromatic rings. The van der Waals surface area contributed by atoms with Crippen LogP contribution in [0.5, 0.6) is 0 Å². The number of Topliss-reactive ketones (excluding diaryl/α,β-unsaturated/α-hetero) is 3. The first kappa shape index (κ1) is 16.8. The van der Waals surface area contributed by atoms with Crippen LogP contribution in [0.15, 0.2) is 12.2 Å². The molecule has 1 aliphatic carbocycles. The van der Waals surface area contributed by atoms with Crippen LogP contribution in [-0.4, -0.2) is 29.1 Å². The molecule has 1 unspecified atom stereocenters. The first-order chi connectivity index (χ1) is 8.97. The second-order valence-corrected chi connectivity index (χ2v) is 6.85. The molecular formula is C16H24O4. The van der Waals surface area contributed by atoms with Gasteiger partial charge in [-0.3, -0.25) is 14.4 Å². The zero-order valence-corrected chi connectivity index (χ0v) is 12.9. The van der Waals surface area contributed by atoms with Crippen molar-refractivity contribution in [3.8, 4) is 0 Å². The Hall–Kier alpha value is -1.29. The van der Waals surface area contributed by atoms with Crippen molar-refractivity contribution in [2.75, 3.05) is 6.61 Å². The van der Waals surface area contributed by atoms with Crippen molar-refractivity contribution in [2.45, 2.75) is 41.0 Å². The second kappa shape index (κ2) is 5.24. The quantitative estimate of drug-likeness (QED) is 0.631. The highest BCUT2D eigenvalue weighted by atomic mass is 16.3. The van der Waals surface area contributed by atoms with E-state index in [-0.39, 0.29) is 30.5 Å². The molecule has 0 spiro atoms. The van der Waals surface area contributed by atoms with Crippen molar-refractivity contribution < 1.29 is 19.5 Å². The van der Waals surface area contributed by atoms with Gasteiger partial charge in [0, 0.05) is 23.9 Å². The fourth-order valence-corrected chi connectivity index (χ4v) is 2.74. The Kier molecular flexibility index (Phi) is 4.39. The fraction of sp³-hybridized carbons (Fsp3) is 0.688. The number of ketones is 3. The standard InChI is InChI=1S/C16H24O4/c1-9(8-17)7-11(18)12-13(19)15(3,4)10(2)16(5,6)14(12)20/h9,12,17H,2,7-8H2,1,3-6H3. The van der Waals surface area contributed by atoms with Crippen LogP contribution in [0.2, 0.25) is 0 Å². The Morgan fingerprint density at radius 2 is 1.60 bits per heavy atom. The van der Waals surface area contributed by atoms with E-state index >= 15 is 0 Å². The third-order valence-electron chi connectivity index (χ3n) is 4.45. The van der Waals surface area contributed by atoms with Gasteiger partial charge in [0.2, 0.25) is 0 Å². The number of aliphatic hydroxyl groups excluding tert-OH is 1. The highest BCUT2D eigenvalue weighted by molar-refractivity contribution is 6.25. The summed E-state index contributed by atoms with van der Waals surface area (Å²) in [6, 6.07) is 0. The second-order valence-electron chi connectivity index (χ2n) is 6.85. The number of carbonyl (C=O) groups is 3. The van der Waals surface area contributed by atoms with Crippen molar-refractivity contribution in [1.29, 1.82) is 0 Å². The van der Waals surface area contributed by atoms with E-state index in [4.69, 9.17) is 5.11 Å². The normalized spacial score (nSPS) is 23.8. The van der Waals surface area contributed by atoms with Crippen LogP contribution < -0.4 is 0 Å². The topological polar surface area (TPSA) is 71.4 Å². The maximum absolute atomic E-state index is 12.5. The molecule has 1 saturated carbocycles. The van der Waals surface area contributed by atoms with E-state index in [0.717, 1.165) is 0 Å². The summed E-state index contributed by atoms with van der Waals surface area (Å²) in [4.78, 5) is 37.3. The van der Waals surface area contributed by atoms with E-state index in [9.17, 15) is 14.4 Å². The van der Waals surface area contributed by atoms with Crippen molar-refractivity contribution >= 4 is 17.3 Å². The lowest BCUT2D eigenvalue weighted by atomic mass is 9.56. The summed E-state index contributed by atoms with van der Waals surface area (Å²) in [5, 5.41) is 9.03. The highest BCUT2D eigenvalue weighted by Crippen LogP contribution is 2.48. The van der Waals surface area contributed by atoms with Crippen LogP contribution >= 0.6 is 0 Å². The van der Waals surface area contributed by atoms with Gasteiger partial charge >= 0.3 is 0 Å². The number of carbonyl (C=O) groups excluding carboxylic acids is 3. The largest absolute Gasteiger partial charge is 0.396 e. The van der Waals surface area contributed by atoms with Gasteiger partial charge in [-0.1, -0.05) is 19.1 Å². The van der Waals surface area contributed by atoms with Gasteiger partial charge in [-0.05, 0) is 33.6 Å². The van der Waals surface area contributed by atoms with E-state index in [1.807, 2.05) is 0 Å². The maximum atomic E-state index is 12.5. The molecule has 0 aromatic heterocycles. The van der Waals surface area contributed by atoms with Gasteiger partial charge in [0.25, 0.3) is 0 Å². The molecule has 4 nitrogen and oxygen atoms in total. The third-order valence-corrected chi connectivity index (χ3v) is 4.45. The summed E-state index contributed by atoms with van der Waals surface area (Å²) in [6.07, 6.45) is 0.0390. The lowest BCUT2D eigenvalue weighted by Gasteiger charge is -2.44. The molecule has 1 atom stereocenters. The predicted octanol–water partition coefficient (Wildman–Crippen LogP) is 1.95. The zero-order chi connectivity index (χ0) is 15.9. The van der Waals surface area contributed by atoms with Crippen molar-refractivity contribution in [3.05, 3.63) is 12.2 Å². The van der Waals surface area contributed by atoms with Crippen LogP contribution in [-0.2, 0) is 14.4 Å². The SMILES string of the molecule is C=C1C(C)(C)C(=O)C(C(=O)CC(C)CO)C(=O)C1(C)C. The van der Waals surface area contributed by atoms with Gasteiger partial charge in [-0.15, -0.1) is 0 Å². The fourth-order valence-electron chi connectivity index (χ4n) is 2.74. The summed E-state index contributed by atoms with van der Waals surface area (Å²) in [7, 11) is 0. The monoisotopic (exact) mass is 280 g/mol. The summed E-state index contributed by atoms with van der Waals surface area (Å²) >= 11 is 0. The Morgan fingerprint density at radius 1 is 1.20 bits per heavy atom. The molecule has 1 fully saturated rings. The number of rotatable bonds is 4. The van der Waals surface area contributed by atoms with Gasteiger partial charge < -0.3 is 5.11 Å². The third kappa shape index (κ3) is 2.49. The molecule has 0 amide bonds. The Labute approximate surface area is 120 Å². The average Bonchev–Trinajstić information content (AvgIpc) is 2.35. The molecule has 20 heavy (non-hydrogen) atoms. The number of hydrogen-bond donors (Lipinski definition) is 1. The van der Waals surface area contributed by atoms with E-state index in [2.05, 4.69) is 6.58 Å². The molecule has 1 aliphatic rings. The molecule has 0 heterocycles. The first-order valence-electron chi connectivity index (χ1n) is 6.90. The van der Waals surface area contributed by atoms with Crippen molar-refractivity contribution in [3.63, 3.8) is 0 Å². The van der Waals surface area contributed by atoms with Gasteiger partial charge in [-0.2, -0.15) is 0 Å². The van der Waals surface area contributed by atoms with Gasteiger partial charge in [0.05, 0.1) is 0 Å². The minimum absolute atomic E-state index is 0.0390. The molecular weight excluding hydrogens is 256 g/mol. The summed E-state index contributed by atoms with van der Waals surface area (Å²) in [5.41, 5.74) is -1.22. The Bertz CT molecular complexity index is 441. The smallest absolute Gasteiger partial charge is 0.160 e. The lowest BCUT2D eigenvalue weighted by Crippen LogP contribution is -2.54. The minimum atomic E-state index is -1.22. The number of hydrogen-bond acceptors (Lipinski definition) is 4. The molecule has 1 N–H and O–H groups in total. The Balaban J connectivity index is 3.19. The van der Waals surface area contributed by atoms with Gasteiger partial charge in [0.1, 0.15) is 5.92 Å². The molecule has 0 aliphatic heterocycles. The zero-order valence-electron chi connectivity index (χ0n) is 12.9. The van der Waals surface area contributed by atoms with E-state index in [0.29, 0.717) is 5.57 Å². The molecule has 4 heteroatoms. The summed E-state index contributed by atoms with van der Waals surface area (Å²) < 4.78 is 0. The number of allylic oxidation sites excluding steroid dienone is 1. The van der Waals surface area contributed by atoms with Crippen LogP contribution in [0.1, 0.15) is 41.0 Å². The van der Waals surface area contributed by atoms with Crippen LogP contribution in [0, 0.1) is 22.7 Å². The van der Waals surface area contributed by atoms with Crippen molar-refractivity contribution in [2.24, 2.45) is 22.7 Å².